The van der Waals surface area contributed by atoms with Crippen LogP contribution < -0.4 is 5.32 Å². The molecular formula is C23H16F3N3O. The molecule has 4 rings (SSSR count). The number of hydrogen-bond acceptors (Lipinski definition) is 3. The highest BCUT2D eigenvalue weighted by Crippen LogP contribution is 2.36. The summed E-state index contributed by atoms with van der Waals surface area (Å²) in [5, 5.41) is 3.56. The van der Waals surface area contributed by atoms with E-state index in [-0.39, 0.29) is 18.0 Å². The van der Waals surface area contributed by atoms with Crippen molar-refractivity contribution >= 4 is 16.9 Å². The van der Waals surface area contributed by atoms with E-state index in [1.165, 1.54) is 18.3 Å². The number of nitrogens with zero attached hydrogens (tertiary/aromatic N) is 2. The fourth-order valence-electron chi connectivity index (χ4n) is 3.16. The number of halogens is 3. The monoisotopic (exact) mass is 407 g/mol. The summed E-state index contributed by atoms with van der Waals surface area (Å²) in [6.45, 7) is 0.241. The zero-order valence-electron chi connectivity index (χ0n) is 15.6. The van der Waals surface area contributed by atoms with Crippen LogP contribution in [0.3, 0.4) is 0 Å². The van der Waals surface area contributed by atoms with Crippen LogP contribution in [0.2, 0.25) is 0 Å². The Bertz CT molecular complexity index is 1200. The Morgan fingerprint density at radius 2 is 1.70 bits per heavy atom. The van der Waals surface area contributed by atoms with Crippen LogP contribution in [0, 0.1) is 0 Å². The molecule has 0 atom stereocenters. The van der Waals surface area contributed by atoms with Gasteiger partial charge in [0.2, 0.25) is 0 Å². The Morgan fingerprint density at radius 3 is 2.47 bits per heavy atom. The van der Waals surface area contributed by atoms with Crippen LogP contribution in [0.15, 0.2) is 79.1 Å². The van der Waals surface area contributed by atoms with Crippen molar-refractivity contribution in [2.24, 2.45) is 0 Å². The molecular weight excluding hydrogens is 391 g/mol. The minimum absolute atomic E-state index is 0.122. The van der Waals surface area contributed by atoms with E-state index < -0.39 is 11.7 Å². The molecule has 2 aromatic heterocycles. The molecule has 150 valence electrons. The van der Waals surface area contributed by atoms with Crippen molar-refractivity contribution < 1.29 is 18.0 Å². The third kappa shape index (κ3) is 4.15. The number of hydrogen-bond donors (Lipinski definition) is 1. The van der Waals surface area contributed by atoms with Crippen LogP contribution in [0.5, 0.6) is 0 Å². The van der Waals surface area contributed by atoms with Gasteiger partial charge in [0.1, 0.15) is 0 Å². The summed E-state index contributed by atoms with van der Waals surface area (Å²) in [5.74, 6) is -0.292. The van der Waals surface area contributed by atoms with E-state index in [1.807, 2.05) is 6.07 Å². The Hall–Kier alpha value is -3.74. The number of carbonyl (C=O) groups excluding carboxylic acids is 1. The largest absolute Gasteiger partial charge is 0.417 e. The lowest BCUT2D eigenvalue weighted by Gasteiger charge is -2.13. The number of alkyl halides is 3. The van der Waals surface area contributed by atoms with Crippen LogP contribution in [-0.4, -0.2) is 15.9 Å². The highest BCUT2D eigenvalue weighted by molar-refractivity contribution is 5.96. The maximum atomic E-state index is 13.2. The molecule has 4 aromatic rings. The van der Waals surface area contributed by atoms with Crippen LogP contribution in [-0.2, 0) is 12.7 Å². The molecule has 2 aromatic carbocycles. The molecule has 0 fully saturated rings. The summed E-state index contributed by atoms with van der Waals surface area (Å²) in [6, 6.07) is 17.4. The first-order valence-electron chi connectivity index (χ1n) is 9.16. The number of benzene rings is 2. The second-order valence-corrected chi connectivity index (χ2v) is 6.70. The fourth-order valence-corrected chi connectivity index (χ4v) is 3.16. The van der Waals surface area contributed by atoms with Gasteiger partial charge in [-0.3, -0.25) is 4.79 Å². The summed E-state index contributed by atoms with van der Waals surface area (Å²) < 4.78 is 39.7. The van der Waals surface area contributed by atoms with Crippen LogP contribution in [0.25, 0.3) is 22.2 Å². The number of amides is 1. The average molecular weight is 407 g/mol. The molecule has 4 nitrogen and oxygen atoms in total. The Balaban J connectivity index is 1.47. The topological polar surface area (TPSA) is 54.9 Å². The van der Waals surface area contributed by atoms with Crippen LogP contribution in [0.4, 0.5) is 13.2 Å². The normalized spacial score (nSPS) is 11.4. The van der Waals surface area contributed by atoms with Gasteiger partial charge in [0.15, 0.2) is 5.65 Å². The molecule has 0 unspecified atom stereocenters. The quantitative estimate of drug-likeness (QED) is 0.503. The molecule has 0 radical (unpaired) electrons. The van der Waals surface area contributed by atoms with Crippen molar-refractivity contribution in [1.29, 1.82) is 0 Å². The summed E-state index contributed by atoms with van der Waals surface area (Å²) in [7, 11) is 0. The highest BCUT2D eigenvalue weighted by atomic mass is 19.4. The molecule has 7 heteroatoms. The van der Waals surface area contributed by atoms with Crippen molar-refractivity contribution in [1.82, 2.24) is 15.3 Å². The highest BCUT2D eigenvalue weighted by Gasteiger charge is 2.33. The molecule has 0 aliphatic carbocycles. The molecule has 0 aliphatic rings. The van der Waals surface area contributed by atoms with E-state index in [0.717, 1.165) is 17.0 Å². The zero-order valence-corrected chi connectivity index (χ0v) is 15.6. The van der Waals surface area contributed by atoms with E-state index in [0.29, 0.717) is 16.8 Å². The Kier molecular flexibility index (Phi) is 5.18. The van der Waals surface area contributed by atoms with Crippen molar-refractivity contribution in [2.75, 3.05) is 0 Å². The fraction of sp³-hybridized carbons (Fsp3) is 0.0870. The standard InChI is InChI=1S/C23H16F3N3O/c24-23(25,26)20-6-2-1-5-19(20)16-9-7-15(8-10-16)13-29-22(30)18-12-17-4-3-11-27-21(17)28-14-18/h1-12,14H,13H2,(H,29,30). The minimum atomic E-state index is -4.42. The summed E-state index contributed by atoms with van der Waals surface area (Å²) in [5.41, 5.74) is 1.65. The van der Waals surface area contributed by atoms with E-state index in [1.54, 1.807) is 48.7 Å². The number of rotatable bonds is 4. The summed E-state index contributed by atoms with van der Waals surface area (Å²) in [6.07, 6.45) is -1.33. The first-order chi connectivity index (χ1) is 14.4. The van der Waals surface area contributed by atoms with Gasteiger partial charge >= 0.3 is 6.18 Å². The van der Waals surface area contributed by atoms with Gasteiger partial charge < -0.3 is 5.32 Å². The molecule has 0 aliphatic heterocycles. The van der Waals surface area contributed by atoms with Crippen molar-refractivity contribution in [3.8, 4) is 11.1 Å². The van der Waals surface area contributed by atoms with Gasteiger partial charge in [-0.25, -0.2) is 9.97 Å². The summed E-state index contributed by atoms with van der Waals surface area (Å²) in [4.78, 5) is 20.7. The lowest BCUT2D eigenvalue weighted by atomic mass is 9.98. The molecule has 1 N–H and O–H groups in total. The SMILES string of the molecule is O=C(NCc1ccc(-c2ccccc2C(F)(F)F)cc1)c1cnc2ncccc2c1. The van der Waals surface area contributed by atoms with Gasteiger partial charge in [-0.05, 0) is 41.0 Å². The van der Waals surface area contributed by atoms with E-state index >= 15 is 0 Å². The maximum absolute atomic E-state index is 13.2. The van der Waals surface area contributed by atoms with Gasteiger partial charge in [0.05, 0.1) is 11.1 Å². The van der Waals surface area contributed by atoms with Crippen molar-refractivity contribution in [3.63, 3.8) is 0 Å². The second kappa shape index (κ2) is 7.94. The maximum Gasteiger partial charge on any atom is 0.417 e. The average Bonchev–Trinajstić information content (AvgIpc) is 2.77. The number of nitrogens with one attached hydrogen (secondary N) is 1. The Morgan fingerprint density at radius 1 is 0.933 bits per heavy atom. The molecule has 1 amide bonds. The van der Waals surface area contributed by atoms with Gasteiger partial charge in [-0.15, -0.1) is 0 Å². The number of carbonyl (C=O) groups is 1. The van der Waals surface area contributed by atoms with Crippen LogP contribution >= 0.6 is 0 Å². The molecule has 0 saturated heterocycles. The van der Waals surface area contributed by atoms with Gasteiger partial charge in [-0.2, -0.15) is 13.2 Å². The lowest BCUT2D eigenvalue weighted by Crippen LogP contribution is -2.22. The van der Waals surface area contributed by atoms with E-state index in [2.05, 4.69) is 15.3 Å². The first kappa shape index (κ1) is 19.6. The molecule has 30 heavy (non-hydrogen) atoms. The van der Waals surface area contributed by atoms with Crippen LogP contribution in [0.1, 0.15) is 21.5 Å². The van der Waals surface area contributed by atoms with E-state index in [4.69, 9.17) is 0 Å². The van der Waals surface area contributed by atoms with Gasteiger partial charge in [0.25, 0.3) is 5.91 Å². The third-order valence-corrected chi connectivity index (χ3v) is 4.67. The Labute approximate surface area is 170 Å². The van der Waals surface area contributed by atoms with Crippen molar-refractivity contribution in [2.45, 2.75) is 12.7 Å². The predicted molar refractivity (Wildman–Crippen MR) is 108 cm³/mol. The second-order valence-electron chi connectivity index (χ2n) is 6.70. The van der Waals surface area contributed by atoms with Gasteiger partial charge in [0, 0.05) is 24.3 Å². The first-order valence-corrected chi connectivity index (χ1v) is 9.16. The smallest absolute Gasteiger partial charge is 0.348 e. The minimum Gasteiger partial charge on any atom is -0.348 e. The zero-order chi connectivity index (χ0) is 21.1. The molecule has 2 heterocycles. The number of pyridine rings is 2. The predicted octanol–water partition coefficient (Wildman–Crippen LogP) is 5.25. The number of aromatic nitrogens is 2. The molecule has 0 saturated carbocycles. The van der Waals surface area contributed by atoms with E-state index in [9.17, 15) is 18.0 Å². The molecule has 0 spiro atoms. The molecule has 0 bridgehead atoms. The summed E-state index contributed by atoms with van der Waals surface area (Å²) >= 11 is 0. The van der Waals surface area contributed by atoms with Gasteiger partial charge in [-0.1, -0.05) is 42.5 Å². The van der Waals surface area contributed by atoms with Crippen molar-refractivity contribution in [3.05, 3.63) is 95.8 Å². The number of fused-ring (bicyclic) bond motifs is 1. The lowest BCUT2D eigenvalue weighted by molar-refractivity contribution is -0.137. The third-order valence-electron chi connectivity index (χ3n) is 4.67.